The molecule has 5 nitrogen and oxygen atoms in total. The average molecular weight is 375 g/mol. The molecule has 2 rings (SSSR count). The molecule has 0 aliphatic heterocycles. The molecule has 0 aromatic heterocycles. The lowest BCUT2D eigenvalue weighted by atomic mass is 10.1. The van der Waals surface area contributed by atoms with E-state index in [1.54, 1.807) is 7.11 Å². The van der Waals surface area contributed by atoms with Crippen LogP contribution in [0.15, 0.2) is 53.5 Å². The van der Waals surface area contributed by atoms with Gasteiger partial charge in [-0.15, -0.1) is 0 Å². The predicted molar refractivity (Wildman–Crippen MR) is 110 cm³/mol. The highest BCUT2D eigenvalue weighted by Crippen LogP contribution is 2.27. The largest absolute Gasteiger partial charge is 0.497 e. The fourth-order valence-corrected chi connectivity index (χ4v) is 3.13. The SMILES string of the molecule is CCN(CC)C(CN=C(N)Nc1ccc(OC)cc1)c1ccccc1Cl. The molecule has 2 aromatic carbocycles. The van der Waals surface area contributed by atoms with Gasteiger partial charge in [0, 0.05) is 10.7 Å². The van der Waals surface area contributed by atoms with Crippen LogP contribution in [-0.2, 0) is 0 Å². The van der Waals surface area contributed by atoms with Crippen LogP contribution in [0.4, 0.5) is 5.69 Å². The van der Waals surface area contributed by atoms with Crippen molar-refractivity contribution in [3.05, 3.63) is 59.1 Å². The number of benzene rings is 2. The van der Waals surface area contributed by atoms with Gasteiger partial charge in [-0.25, -0.2) is 0 Å². The van der Waals surface area contributed by atoms with Crippen LogP contribution in [0.3, 0.4) is 0 Å². The van der Waals surface area contributed by atoms with Crippen LogP contribution in [0, 0.1) is 0 Å². The van der Waals surface area contributed by atoms with Crippen molar-refractivity contribution >= 4 is 23.2 Å². The molecule has 0 saturated carbocycles. The first-order valence-corrected chi connectivity index (χ1v) is 9.16. The minimum absolute atomic E-state index is 0.0786. The summed E-state index contributed by atoms with van der Waals surface area (Å²) in [6.45, 7) is 6.62. The van der Waals surface area contributed by atoms with Gasteiger partial charge in [0.1, 0.15) is 5.75 Å². The summed E-state index contributed by atoms with van der Waals surface area (Å²) in [6, 6.07) is 15.5. The van der Waals surface area contributed by atoms with E-state index in [9.17, 15) is 0 Å². The zero-order valence-corrected chi connectivity index (χ0v) is 16.3. The molecule has 1 atom stereocenters. The number of nitrogens with two attached hydrogens (primary N) is 1. The van der Waals surface area contributed by atoms with Crippen molar-refractivity contribution in [1.29, 1.82) is 0 Å². The number of halogens is 1. The fraction of sp³-hybridized carbons (Fsp3) is 0.350. The minimum Gasteiger partial charge on any atom is -0.497 e. The van der Waals surface area contributed by atoms with E-state index >= 15 is 0 Å². The van der Waals surface area contributed by atoms with Crippen LogP contribution in [-0.4, -0.2) is 37.6 Å². The monoisotopic (exact) mass is 374 g/mol. The van der Waals surface area contributed by atoms with Crippen LogP contribution >= 0.6 is 11.6 Å². The Balaban J connectivity index is 2.13. The van der Waals surface area contributed by atoms with Crippen molar-refractivity contribution in [1.82, 2.24) is 4.90 Å². The van der Waals surface area contributed by atoms with Crippen molar-refractivity contribution in [3.63, 3.8) is 0 Å². The predicted octanol–water partition coefficient (Wildman–Crippen LogP) is 4.16. The highest BCUT2D eigenvalue weighted by atomic mass is 35.5. The summed E-state index contributed by atoms with van der Waals surface area (Å²) in [5, 5.41) is 3.86. The Labute approximate surface area is 160 Å². The van der Waals surface area contributed by atoms with Gasteiger partial charge < -0.3 is 15.8 Å². The van der Waals surface area contributed by atoms with Crippen LogP contribution in [0.25, 0.3) is 0 Å². The Morgan fingerprint density at radius 3 is 2.38 bits per heavy atom. The van der Waals surface area contributed by atoms with Crippen LogP contribution in [0.5, 0.6) is 5.75 Å². The summed E-state index contributed by atoms with van der Waals surface area (Å²) >= 11 is 6.42. The lowest BCUT2D eigenvalue weighted by Crippen LogP contribution is -2.32. The van der Waals surface area contributed by atoms with E-state index in [2.05, 4.69) is 29.1 Å². The van der Waals surface area contributed by atoms with E-state index in [1.165, 1.54) is 0 Å². The second-order valence-corrected chi connectivity index (χ2v) is 6.25. The first-order valence-electron chi connectivity index (χ1n) is 8.78. The number of aliphatic imine (C=N–C) groups is 1. The van der Waals surface area contributed by atoms with Gasteiger partial charge in [-0.3, -0.25) is 9.89 Å². The number of hydrogen-bond donors (Lipinski definition) is 2. The van der Waals surface area contributed by atoms with Crippen molar-refractivity contribution in [3.8, 4) is 5.75 Å². The maximum Gasteiger partial charge on any atom is 0.193 e. The molecule has 0 aliphatic rings. The zero-order chi connectivity index (χ0) is 18.9. The van der Waals surface area contributed by atoms with Crippen molar-refractivity contribution < 1.29 is 4.74 Å². The van der Waals surface area contributed by atoms with E-state index in [1.807, 2.05) is 48.5 Å². The Kier molecular flexibility index (Phi) is 7.75. The minimum atomic E-state index is 0.0786. The number of hydrogen-bond acceptors (Lipinski definition) is 3. The number of anilines is 1. The lowest BCUT2D eigenvalue weighted by molar-refractivity contribution is 0.224. The summed E-state index contributed by atoms with van der Waals surface area (Å²) in [6.07, 6.45) is 0. The second-order valence-electron chi connectivity index (χ2n) is 5.84. The normalized spacial score (nSPS) is 12.9. The Morgan fingerprint density at radius 2 is 1.81 bits per heavy atom. The van der Waals surface area contributed by atoms with Crippen molar-refractivity contribution in [2.24, 2.45) is 10.7 Å². The molecule has 0 radical (unpaired) electrons. The van der Waals surface area contributed by atoms with E-state index in [-0.39, 0.29) is 6.04 Å². The molecule has 0 heterocycles. The molecule has 3 N–H and O–H groups in total. The van der Waals surface area contributed by atoms with E-state index in [0.717, 1.165) is 35.1 Å². The van der Waals surface area contributed by atoms with Gasteiger partial charge in [-0.05, 0) is 49.0 Å². The third kappa shape index (κ3) is 5.38. The van der Waals surface area contributed by atoms with Gasteiger partial charge in [0.05, 0.1) is 19.7 Å². The molecule has 0 amide bonds. The van der Waals surface area contributed by atoms with Gasteiger partial charge in [-0.1, -0.05) is 43.6 Å². The maximum atomic E-state index is 6.42. The average Bonchev–Trinajstić information content (AvgIpc) is 2.66. The highest BCUT2D eigenvalue weighted by Gasteiger charge is 2.20. The summed E-state index contributed by atoms with van der Waals surface area (Å²) in [7, 11) is 1.64. The smallest absolute Gasteiger partial charge is 0.193 e. The van der Waals surface area contributed by atoms with Gasteiger partial charge in [0.25, 0.3) is 0 Å². The van der Waals surface area contributed by atoms with E-state index in [0.29, 0.717) is 12.5 Å². The molecule has 0 aliphatic carbocycles. The van der Waals surface area contributed by atoms with Crippen LogP contribution < -0.4 is 15.8 Å². The van der Waals surface area contributed by atoms with Gasteiger partial charge >= 0.3 is 0 Å². The highest BCUT2D eigenvalue weighted by molar-refractivity contribution is 6.31. The Bertz CT molecular complexity index is 714. The van der Waals surface area contributed by atoms with Crippen molar-refractivity contribution in [2.75, 3.05) is 32.1 Å². The summed E-state index contributed by atoms with van der Waals surface area (Å²) in [5.41, 5.74) is 8.01. The molecule has 0 saturated heterocycles. The van der Waals surface area contributed by atoms with Gasteiger partial charge in [0.2, 0.25) is 0 Å². The number of nitrogens with one attached hydrogen (secondary N) is 1. The number of ether oxygens (including phenoxy) is 1. The van der Waals surface area contributed by atoms with Crippen molar-refractivity contribution in [2.45, 2.75) is 19.9 Å². The van der Waals surface area contributed by atoms with E-state index in [4.69, 9.17) is 22.1 Å². The maximum absolute atomic E-state index is 6.42. The number of guanidine groups is 1. The molecule has 0 bridgehead atoms. The Morgan fingerprint density at radius 1 is 1.15 bits per heavy atom. The zero-order valence-electron chi connectivity index (χ0n) is 15.6. The summed E-state index contributed by atoms with van der Waals surface area (Å²) in [5.74, 6) is 1.17. The third-order valence-corrected chi connectivity index (χ3v) is 4.66. The topological polar surface area (TPSA) is 62.9 Å². The number of methoxy groups -OCH3 is 1. The molecule has 2 aromatic rings. The lowest BCUT2D eigenvalue weighted by Gasteiger charge is -2.29. The molecule has 26 heavy (non-hydrogen) atoms. The molecule has 140 valence electrons. The molecular formula is C20H27ClN4O. The van der Waals surface area contributed by atoms with E-state index < -0.39 is 0 Å². The third-order valence-electron chi connectivity index (χ3n) is 4.31. The number of likely N-dealkylation sites (N-methyl/N-ethyl adjacent to an activating group) is 1. The number of nitrogens with zero attached hydrogens (tertiary/aromatic N) is 2. The van der Waals surface area contributed by atoms with Crippen LogP contribution in [0.1, 0.15) is 25.5 Å². The number of rotatable bonds is 8. The molecular weight excluding hydrogens is 348 g/mol. The second kappa shape index (κ2) is 10.0. The molecule has 0 fully saturated rings. The first-order chi connectivity index (χ1) is 12.6. The molecule has 6 heteroatoms. The molecule has 0 spiro atoms. The quantitative estimate of drug-likeness (QED) is 0.538. The fourth-order valence-electron chi connectivity index (χ4n) is 2.87. The van der Waals surface area contributed by atoms with Gasteiger partial charge in [-0.2, -0.15) is 0 Å². The first kappa shape index (κ1) is 20.1. The molecule has 1 unspecified atom stereocenters. The Hall–Kier alpha value is -2.24. The summed E-state index contributed by atoms with van der Waals surface area (Å²) < 4.78 is 5.16. The standard InChI is InChI=1S/C20H27ClN4O/c1-4-25(5-2)19(17-8-6-7-9-18(17)21)14-23-20(22)24-15-10-12-16(26-3)13-11-15/h6-13,19H,4-5,14H2,1-3H3,(H3,22,23,24). The van der Waals surface area contributed by atoms with Crippen LogP contribution in [0.2, 0.25) is 5.02 Å². The summed E-state index contributed by atoms with van der Waals surface area (Å²) in [4.78, 5) is 6.87. The van der Waals surface area contributed by atoms with Gasteiger partial charge in [0.15, 0.2) is 5.96 Å².